The van der Waals surface area contributed by atoms with Gasteiger partial charge in [0.2, 0.25) is 0 Å². The maximum Gasteiger partial charge on any atom is 0.315 e. The van der Waals surface area contributed by atoms with E-state index in [2.05, 4.69) is 18.0 Å². The number of aliphatic imine (C=N–C) groups is 1. The van der Waals surface area contributed by atoms with E-state index in [0.29, 0.717) is 6.54 Å². The Kier molecular flexibility index (Phi) is 6.88. The lowest BCUT2D eigenvalue weighted by molar-refractivity contribution is -0.426. The molecule has 5 nitrogen and oxygen atoms in total. The average molecular weight is 211 g/mol. The molecular formula is C10H17N3O2. The van der Waals surface area contributed by atoms with Gasteiger partial charge >= 0.3 is 5.82 Å². The van der Waals surface area contributed by atoms with Gasteiger partial charge in [-0.1, -0.05) is 25.0 Å². The normalized spacial score (nSPS) is 13.5. The zero-order valence-electron chi connectivity index (χ0n) is 9.14. The van der Waals surface area contributed by atoms with Crippen LogP contribution in [0.1, 0.15) is 26.7 Å². The number of hydrogen-bond acceptors (Lipinski definition) is 4. The Morgan fingerprint density at radius 3 is 2.80 bits per heavy atom. The van der Waals surface area contributed by atoms with Crippen LogP contribution in [0.4, 0.5) is 0 Å². The minimum atomic E-state index is -0.647. The molecule has 0 aromatic carbocycles. The van der Waals surface area contributed by atoms with E-state index in [0.717, 1.165) is 18.4 Å². The highest BCUT2D eigenvalue weighted by Crippen LogP contribution is 1.98. The topological polar surface area (TPSA) is 81.5 Å². The summed E-state index contributed by atoms with van der Waals surface area (Å²) in [7, 11) is 0. The first-order chi connectivity index (χ1) is 7.07. The van der Waals surface area contributed by atoms with Gasteiger partial charge in [0.15, 0.2) is 0 Å². The lowest BCUT2D eigenvalue weighted by Crippen LogP contribution is -2.08. The van der Waals surface area contributed by atoms with Crippen LogP contribution in [0.2, 0.25) is 0 Å². The molecule has 0 heterocycles. The molecule has 0 aliphatic heterocycles. The Morgan fingerprint density at radius 2 is 2.27 bits per heavy atom. The van der Waals surface area contributed by atoms with Crippen molar-refractivity contribution in [2.45, 2.75) is 26.7 Å². The molecule has 0 rings (SSSR count). The molecule has 0 unspecified atom stereocenters. The summed E-state index contributed by atoms with van der Waals surface area (Å²) >= 11 is 0. The average Bonchev–Trinajstić information content (AvgIpc) is 2.20. The number of allylic oxidation sites excluding steroid dienone is 2. The van der Waals surface area contributed by atoms with Gasteiger partial charge in [0.25, 0.3) is 0 Å². The molecule has 0 saturated heterocycles. The Labute approximate surface area is 89.5 Å². The summed E-state index contributed by atoms with van der Waals surface area (Å²) in [5.41, 5.74) is 6.22. The van der Waals surface area contributed by atoms with Crippen molar-refractivity contribution in [1.82, 2.24) is 0 Å². The van der Waals surface area contributed by atoms with E-state index in [1.54, 1.807) is 0 Å². The fourth-order valence-corrected chi connectivity index (χ4v) is 0.842. The molecule has 0 fully saturated rings. The summed E-state index contributed by atoms with van der Waals surface area (Å²) in [6.45, 7) is 4.64. The molecule has 84 valence electrons. The van der Waals surface area contributed by atoms with Crippen LogP contribution >= 0.6 is 0 Å². The molecular weight excluding hydrogens is 194 g/mol. The molecule has 0 radical (unpaired) electrons. The first kappa shape index (κ1) is 13.4. The molecule has 0 atom stereocenters. The van der Waals surface area contributed by atoms with Gasteiger partial charge in [-0.3, -0.25) is 10.7 Å². The van der Waals surface area contributed by atoms with Crippen LogP contribution in [0.5, 0.6) is 0 Å². The number of hydrogen-bond donors (Lipinski definition) is 1. The number of rotatable bonds is 6. The van der Waals surface area contributed by atoms with Crippen molar-refractivity contribution in [3.63, 3.8) is 0 Å². The summed E-state index contributed by atoms with van der Waals surface area (Å²) in [4.78, 5) is 13.5. The van der Waals surface area contributed by atoms with Crippen molar-refractivity contribution >= 4 is 6.21 Å². The molecule has 5 heteroatoms. The molecule has 0 aromatic heterocycles. The van der Waals surface area contributed by atoms with Crippen molar-refractivity contribution in [3.8, 4) is 0 Å². The fourth-order valence-electron chi connectivity index (χ4n) is 0.842. The summed E-state index contributed by atoms with van der Waals surface area (Å²) in [6, 6.07) is 0. The van der Waals surface area contributed by atoms with Crippen LogP contribution in [-0.4, -0.2) is 17.7 Å². The van der Waals surface area contributed by atoms with Gasteiger partial charge in [-0.25, -0.2) is 0 Å². The van der Waals surface area contributed by atoms with E-state index in [1.807, 2.05) is 6.92 Å². The molecule has 15 heavy (non-hydrogen) atoms. The van der Waals surface area contributed by atoms with Crippen molar-refractivity contribution in [3.05, 3.63) is 33.7 Å². The molecule has 0 aromatic rings. The Morgan fingerprint density at radius 1 is 1.60 bits per heavy atom. The van der Waals surface area contributed by atoms with Gasteiger partial charge < -0.3 is 10.1 Å². The standard InChI is InChI=1S/C10H17N3O2/c1-3-4-5-9(2)8-12-7-6-10(11)13(14)15/h5-7H,3-4,8,11H2,1-2H3/b9-5-,10-6?,12-7?. The van der Waals surface area contributed by atoms with Crippen LogP contribution in [0.3, 0.4) is 0 Å². The summed E-state index contributed by atoms with van der Waals surface area (Å²) in [5, 5.41) is 10.1. The SMILES string of the molecule is CCC/C=C(/C)CN=CC=C(N)[N+](=O)[O-]. The van der Waals surface area contributed by atoms with Crippen LogP contribution in [0.15, 0.2) is 28.5 Å². The lowest BCUT2D eigenvalue weighted by atomic mass is 10.2. The monoisotopic (exact) mass is 211 g/mol. The van der Waals surface area contributed by atoms with Gasteiger partial charge in [0.1, 0.15) is 0 Å². The Bertz CT molecular complexity index is 293. The van der Waals surface area contributed by atoms with E-state index in [4.69, 9.17) is 5.73 Å². The van der Waals surface area contributed by atoms with Gasteiger partial charge in [0, 0.05) is 12.3 Å². The minimum absolute atomic E-state index is 0.394. The third-order valence-electron chi connectivity index (χ3n) is 1.68. The second kappa shape index (κ2) is 7.73. The molecule has 0 bridgehead atoms. The molecule has 0 aliphatic carbocycles. The summed E-state index contributed by atoms with van der Waals surface area (Å²) in [5.74, 6) is -0.394. The zero-order valence-corrected chi connectivity index (χ0v) is 9.14. The first-order valence-corrected chi connectivity index (χ1v) is 4.83. The van der Waals surface area contributed by atoms with E-state index in [1.165, 1.54) is 12.3 Å². The van der Waals surface area contributed by atoms with Gasteiger partial charge in [-0.2, -0.15) is 0 Å². The maximum atomic E-state index is 10.1. The van der Waals surface area contributed by atoms with E-state index in [9.17, 15) is 10.1 Å². The minimum Gasteiger partial charge on any atom is -0.358 e. The van der Waals surface area contributed by atoms with Crippen LogP contribution in [-0.2, 0) is 0 Å². The highest BCUT2D eigenvalue weighted by molar-refractivity contribution is 5.71. The fraction of sp³-hybridized carbons (Fsp3) is 0.500. The highest BCUT2D eigenvalue weighted by atomic mass is 16.6. The maximum absolute atomic E-state index is 10.1. The molecule has 0 aliphatic rings. The predicted molar refractivity (Wildman–Crippen MR) is 61.3 cm³/mol. The number of nitrogens with two attached hydrogens (primary N) is 1. The Hall–Kier alpha value is -1.65. The third-order valence-corrected chi connectivity index (χ3v) is 1.68. The predicted octanol–water partition coefficient (Wildman–Crippen LogP) is 1.88. The second-order valence-corrected chi connectivity index (χ2v) is 3.18. The molecule has 2 N–H and O–H groups in total. The number of nitro groups is 1. The van der Waals surface area contributed by atoms with Gasteiger partial charge in [0.05, 0.1) is 6.54 Å². The number of unbranched alkanes of at least 4 members (excludes halogenated alkanes) is 1. The first-order valence-electron chi connectivity index (χ1n) is 4.83. The van der Waals surface area contributed by atoms with Crippen LogP contribution in [0.25, 0.3) is 0 Å². The van der Waals surface area contributed by atoms with Crippen LogP contribution < -0.4 is 5.73 Å². The highest BCUT2D eigenvalue weighted by Gasteiger charge is 1.94. The van der Waals surface area contributed by atoms with Crippen LogP contribution in [0, 0.1) is 10.1 Å². The van der Waals surface area contributed by atoms with Gasteiger partial charge in [-0.05, 0) is 18.3 Å². The molecule has 0 spiro atoms. The van der Waals surface area contributed by atoms with Crippen molar-refractivity contribution < 1.29 is 4.92 Å². The largest absolute Gasteiger partial charge is 0.358 e. The lowest BCUT2D eigenvalue weighted by Gasteiger charge is -1.94. The third kappa shape index (κ3) is 7.42. The van der Waals surface area contributed by atoms with E-state index < -0.39 is 10.7 Å². The van der Waals surface area contributed by atoms with Crippen molar-refractivity contribution in [1.29, 1.82) is 0 Å². The Balaban J connectivity index is 4.00. The quantitative estimate of drug-likeness (QED) is 0.315. The smallest absolute Gasteiger partial charge is 0.315 e. The summed E-state index contributed by atoms with van der Waals surface area (Å²) in [6.07, 6.45) is 6.80. The van der Waals surface area contributed by atoms with E-state index in [-0.39, 0.29) is 0 Å². The second-order valence-electron chi connectivity index (χ2n) is 3.18. The van der Waals surface area contributed by atoms with Crippen molar-refractivity contribution in [2.24, 2.45) is 10.7 Å². The molecule has 0 saturated carbocycles. The zero-order chi connectivity index (χ0) is 11.7. The van der Waals surface area contributed by atoms with E-state index >= 15 is 0 Å². The van der Waals surface area contributed by atoms with Gasteiger partial charge in [-0.15, -0.1) is 0 Å². The number of nitrogens with zero attached hydrogens (tertiary/aromatic N) is 2. The molecule has 0 amide bonds. The summed E-state index contributed by atoms with van der Waals surface area (Å²) < 4.78 is 0. The van der Waals surface area contributed by atoms with Crippen molar-refractivity contribution in [2.75, 3.05) is 6.54 Å².